The summed E-state index contributed by atoms with van der Waals surface area (Å²) in [7, 11) is 3.10. The number of benzene rings is 2. The van der Waals surface area contributed by atoms with Gasteiger partial charge in [0.1, 0.15) is 0 Å². The first-order valence-electron chi connectivity index (χ1n) is 11.3. The first-order chi connectivity index (χ1) is 15.1. The van der Waals surface area contributed by atoms with E-state index in [1.54, 1.807) is 7.05 Å². The molecule has 1 fully saturated rings. The molecule has 2 aromatic rings. The summed E-state index contributed by atoms with van der Waals surface area (Å²) in [6, 6.07) is 16.5. The highest BCUT2D eigenvalue weighted by molar-refractivity contribution is 5.93. The fourth-order valence-corrected chi connectivity index (χ4v) is 5.05. The molecule has 0 N–H and O–H groups in total. The number of nitrogens with zero attached hydrogens (tertiary/aromatic N) is 2. The Morgan fingerprint density at radius 3 is 2.52 bits per heavy atom. The van der Waals surface area contributed by atoms with Gasteiger partial charge in [-0.15, -0.1) is 0 Å². The van der Waals surface area contributed by atoms with E-state index in [4.69, 9.17) is 4.84 Å². The van der Waals surface area contributed by atoms with Crippen molar-refractivity contribution in [2.45, 2.75) is 50.4 Å². The molecule has 4 rings (SSSR count). The molecule has 31 heavy (non-hydrogen) atoms. The van der Waals surface area contributed by atoms with E-state index in [0.29, 0.717) is 17.9 Å². The van der Waals surface area contributed by atoms with E-state index in [1.807, 2.05) is 18.2 Å². The molecule has 0 bridgehead atoms. The van der Waals surface area contributed by atoms with E-state index < -0.39 is 0 Å². The Balaban J connectivity index is 1.38. The summed E-state index contributed by atoms with van der Waals surface area (Å²) in [5.41, 5.74) is 4.45. The van der Waals surface area contributed by atoms with Gasteiger partial charge in [-0.1, -0.05) is 36.4 Å². The molecular formula is C26H32N2O3. The van der Waals surface area contributed by atoms with Crippen molar-refractivity contribution in [2.75, 3.05) is 27.2 Å². The fourth-order valence-electron chi connectivity index (χ4n) is 5.05. The molecular weight excluding hydrogens is 388 g/mol. The van der Waals surface area contributed by atoms with Crippen LogP contribution in [0.5, 0.6) is 0 Å². The van der Waals surface area contributed by atoms with E-state index in [-0.39, 0.29) is 17.7 Å². The lowest BCUT2D eigenvalue weighted by Crippen LogP contribution is -2.38. The first kappa shape index (κ1) is 21.6. The molecule has 1 saturated heterocycles. The molecule has 1 atom stereocenters. The number of carbonyl (C=O) groups is 2. The van der Waals surface area contributed by atoms with Crippen LogP contribution in [-0.4, -0.2) is 49.0 Å². The number of fused-ring (bicyclic) bond motifs is 1. The second-order valence-electron chi connectivity index (χ2n) is 8.76. The number of rotatable bonds is 5. The number of aryl methyl sites for hydroxylation is 1. The number of hydrogen-bond acceptors (Lipinski definition) is 3. The van der Waals surface area contributed by atoms with Gasteiger partial charge in [-0.25, -0.2) is 5.06 Å². The number of amides is 2. The molecule has 1 unspecified atom stereocenters. The number of hydrogen-bond donors (Lipinski definition) is 0. The Morgan fingerprint density at radius 1 is 1.06 bits per heavy atom. The quantitative estimate of drug-likeness (QED) is 0.668. The molecule has 164 valence electrons. The highest BCUT2D eigenvalue weighted by atomic mass is 16.7. The van der Waals surface area contributed by atoms with Crippen LogP contribution in [0, 0.1) is 0 Å². The van der Waals surface area contributed by atoms with E-state index >= 15 is 0 Å². The van der Waals surface area contributed by atoms with E-state index in [2.05, 4.69) is 35.2 Å². The van der Waals surface area contributed by atoms with Gasteiger partial charge in [0, 0.05) is 32.1 Å². The number of piperidine rings is 1. The van der Waals surface area contributed by atoms with Crippen LogP contribution in [0.3, 0.4) is 0 Å². The third-order valence-electron chi connectivity index (χ3n) is 6.93. The number of likely N-dealkylation sites (tertiary alicyclic amines) is 1. The molecule has 5 nitrogen and oxygen atoms in total. The number of hydroxylamine groups is 2. The molecule has 2 amide bonds. The summed E-state index contributed by atoms with van der Waals surface area (Å²) < 4.78 is 0. The van der Waals surface area contributed by atoms with Gasteiger partial charge in [-0.2, -0.15) is 0 Å². The topological polar surface area (TPSA) is 49.9 Å². The molecule has 2 aromatic carbocycles. The second kappa shape index (κ2) is 9.65. The molecule has 1 aliphatic heterocycles. The maximum atomic E-state index is 13.1. The SMILES string of the molecule is CON(C)C(=O)c1ccc2c(c1)CCCC2CC(=O)N1CCC(c2ccccc2)CC1. The minimum atomic E-state index is -0.148. The Labute approximate surface area is 184 Å². The lowest BCUT2D eigenvalue weighted by atomic mass is 9.80. The van der Waals surface area contributed by atoms with Crippen molar-refractivity contribution < 1.29 is 14.4 Å². The summed E-state index contributed by atoms with van der Waals surface area (Å²) in [5, 5.41) is 1.24. The van der Waals surface area contributed by atoms with Gasteiger partial charge >= 0.3 is 0 Å². The third-order valence-corrected chi connectivity index (χ3v) is 6.93. The molecule has 1 heterocycles. The standard InChI is InChI=1S/C26H32N2O3/c1-27(31-2)26(30)23-11-12-24-21(17-23)9-6-10-22(24)18-25(29)28-15-13-20(14-16-28)19-7-4-3-5-8-19/h3-5,7-8,11-12,17,20,22H,6,9-10,13-16,18H2,1-2H3. The summed E-state index contributed by atoms with van der Waals surface area (Å²) in [5.74, 6) is 0.919. The van der Waals surface area contributed by atoms with Crippen molar-refractivity contribution in [3.8, 4) is 0 Å². The van der Waals surface area contributed by atoms with Crippen LogP contribution < -0.4 is 0 Å². The molecule has 2 aliphatic rings. The van der Waals surface area contributed by atoms with Gasteiger partial charge in [0.2, 0.25) is 5.91 Å². The van der Waals surface area contributed by atoms with Crippen LogP contribution in [0.25, 0.3) is 0 Å². The van der Waals surface area contributed by atoms with Crippen molar-refractivity contribution in [3.63, 3.8) is 0 Å². The maximum Gasteiger partial charge on any atom is 0.277 e. The highest BCUT2D eigenvalue weighted by Gasteiger charge is 2.28. The molecule has 0 aromatic heterocycles. The monoisotopic (exact) mass is 420 g/mol. The predicted molar refractivity (Wildman–Crippen MR) is 121 cm³/mol. The lowest BCUT2D eigenvalue weighted by Gasteiger charge is -2.34. The Kier molecular flexibility index (Phi) is 6.71. The summed E-state index contributed by atoms with van der Waals surface area (Å²) in [4.78, 5) is 32.5. The van der Waals surface area contributed by atoms with E-state index in [1.165, 1.54) is 28.9 Å². The molecule has 5 heteroatoms. The normalized spacial score (nSPS) is 19.0. The fraction of sp³-hybridized carbons (Fsp3) is 0.462. The minimum absolute atomic E-state index is 0.148. The predicted octanol–water partition coefficient (Wildman–Crippen LogP) is 4.54. The third kappa shape index (κ3) is 4.82. The lowest BCUT2D eigenvalue weighted by molar-refractivity contribution is -0.132. The van der Waals surface area contributed by atoms with Gasteiger partial charge in [0.15, 0.2) is 0 Å². The highest BCUT2D eigenvalue weighted by Crippen LogP contribution is 2.36. The molecule has 1 aliphatic carbocycles. The average Bonchev–Trinajstić information content (AvgIpc) is 2.83. The second-order valence-corrected chi connectivity index (χ2v) is 8.76. The van der Waals surface area contributed by atoms with Crippen LogP contribution in [0.1, 0.15) is 71.0 Å². The molecule has 0 radical (unpaired) electrons. The minimum Gasteiger partial charge on any atom is -0.343 e. The van der Waals surface area contributed by atoms with Gasteiger partial charge < -0.3 is 4.90 Å². The Bertz CT molecular complexity index is 920. The molecule has 0 spiro atoms. The Hall–Kier alpha value is -2.66. The summed E-state index contributed by atoms with van der Waals surface area (Å²) in [6.45, 7) is 1.68. The largest absolute Gasteiger partial charge is 0.343 e. The Morgan fingerprint density at radius 2 is 1.81 bits per heavy atom. The van der Waals surface area contributed by atoms with Crippen LogP contribution in [0.15, 0.2) is 48.5 Å². The van der Waals surface area contributed by atoms with Crippen molar-refractivity contribution in [3.05, 3.63) is 70.8 Å². The van der Waals surface area contributed by atoms with Crippen LogP contribution in [-0.2, 0) is 16.1 Å². The van der Waals surface area contributed by atoms with E-state index in [9.17, 15) is 9.59 Å². The zero-order valence-corrected chi connectivity index (χ0v) is 18.5. The van der Waals surface area contributed by atoms with Gasteiger partial charge in [-0.3, -0.25) is 14.4 Å². The van der Waals surface area contributed by atoms with Crippen molar-refractivity contribution in [1.29, 1.82) is 0 Å². The zero-order chi connectivity index (χ0) is 21.8. The van der Waals surface area contributed by atoms with Crippen LogP contribution in [0.4, 0.5) is 0 Å². The first-order valence-corrected chi connectivity index (χ1v) is 11.3. The maximum absolute atomic E-state index is 13.1. The summed E-state index contributed by atoms with van der Waals surface area (Å²) >= 11 is 0. The van der Waals surface area contributed by atoms with Crippen LogP contribution in [0.2, 0.25) is 0 Å². The van der Waals surface area contributed by atoms with E-state index in [0.717, 1.165) is 45.2 Å². The van der Waals surface area contributed by atoms with Gasteiger partial charge in [0.05, 0.1) is 7.11 Å². The van der Waals surface area contributed by atoms with Crippen molar-refractivity contribution >= 4 is 11.8 Å². The zero-order valence-electron chi connectivity index (χ0n) is 18.5. The van der Waals surface area contributed by atoms with Crippen molar-refractivity contribution in [2.24, 2.45) is 0 Å². The van der Waals surface area contributed by atoms with Gasteiger partial charge in [-0.05, 0) is 72.8 Å². The molecule has 0 saturated carbocycles. The van der Waals surface area contributed by atoms with Crippen molar-refractivity contribution in [1.82, 2.24) is 9.96 Å². The van der Waals surface area contributed by atoms with Gasteiger partial charge in [0.25, 0.3) is 5.91 Å². The smallest absolute Gasteiger partial charge is 0.277 e. The summed E-state index contributed by atoms with van der Waals surface area (Å²) in [6.07, 6.45) is 5.68. The van der Waals surface area contributed by atoms with Crippen LogP contribution >= 0.6 is 0 Å². The number of carbonyl (C=O) groups excluding carboxylic acids is 2. The average molecular weight is 421 g/mol.